The molecule has 0 unspecified atom stereocenters. The third-order valence-electron chi connectivity index (χ3n) is 4.98. The van der Waals surface area contributed by atoms with Gasteiger partial charge in [-0.25, -0.2) is 5.43 Å². The second kappa shape index (κ2) is 10.5. The van der Waals surface area contributed by atoms with Gasteiger partial charge in [0.2, 0.25) is 5.91 Å². The molecule has 2 aromatic rings. The van der Waals surface area contributed by atoms with Crippen molar-refractivity contribution in [1.82, 2.24) is 10.3 Å². The molecule has 3 rings (SSSR count). The van der Waals surface area contributed by atoms with Crippen LogP contribution in [-0.4, -0.2) is 64.0 Å². The number of hydrogen-bond acceptors (Lipinski definition) is 6. The maximum absolute atomic E-state index is 12.1. The molecule has 0 atom stereocenters. The van der Waals surface area contributed by atoms with Crippen LogP contribution in [-0.2, 0) is 4.79 Å². The van der Waals surface area contributed by atoms with Crippen molar-refractivity contribution < 1.29 is 14.3 Å². The van der Waals surface area contributed by atoms with E-state index in [4.69, 9.17) is 9.47 Å². The van der Waals surface area contributed by atoms with E-state index < -0.39 is 0 Å². The molecule has 0 saturated carbocycles. The second-order valence-corrected chi connectivity index (χ2v) is 6.79. The van der Waals surface area contributed by atoms with Crippen molar-refractivity contribution in [3.05, 3.63) is 54.1 Å². The van der Waals surface area contributed by atoms with Crippen LogP contribution in [0.25, 0.3) is 0 Å². The number of hydrogen-bond donors (Lipinski definition) is 1. The summed E-state index contributed by atoms with van der Waals surface area (Å²) in [4.78, 5) is 16.8. The molecule has 7 nitrogen and oxygen atoms in total. The number of hydrazone groups is 1. The van der Waals surface area contributed by atoms with Gasteiger partial charge in [0.1, 0.15) is 0 Å². The van der Waals surface area contributed by atoms with E-state index >= 15 is 0 Å². The maximum Gasteiger partial charge on any atom is 0.241 e. The standard InChI is InChI=1S/C22H28N4O3/c1-28-20-10-6-7-18(22(20)29-2)17-23-24-21(27)11-12-25-13-15-26(16-14-25)19-8-4-3-5-9-19/h3-10,17H,11-16H2,1-2H3,(H,24,27)/b23-17-. The molecule has 2 aromatic carbocycles. The number of methoxy groups -OCH3 is 2. The Balaban J connectivity index is 1.41. The van der Waals surface area contributed by atoms with E-state index in [0.717, 1.165) is 38.3 Å². The first-order valence-corrected chi connectivity index (χ1v) is 9.76. The molecule has 29 heavy (non-hydrogen) atoms. The first-order valence-electron chi connectivity index (χ1n) is 9.76. The summed E-state index contributed by atoms with van der Waals surface area (Å²) in [6, 6.07) is 15.9. The summed E-state index contributed by atoms with van der Waals surface area (Å²) in [5, 5.41) is 4.05. The third-order valence-corrected chi connectivity index (χ3v) is 4.98. The highest BCUT2D eigenvalue weighted by Crippen LogP contribution is 2.29. The van der Waals surface area contributed by atoms with Crippen LogP contribution < -0.4 is 19.8 Å². The van der Waals surface area contributed by atoms with E-state index in [1.54, 1.807) is 20.4 Å². The first kappa shape index (κ1) is 20.7. The van der Waals surface area contributed by atoms with E-state index in [-0.39, 0.29) is 5.91 Å². The molecule has 1 saturated heterocycles. The maximum atomic E-state index is 12.1. The molecule has 1 fully saturated rings. The second-order valence-electron chi connectivity index (χ2n) is 6.79. The zero-order valence-electron chi connectivity index (χ0n) is 17.0. The number of rotatable bonds is 8. The van der Waals surface area contributed by atoms with Gasteiger partial charge >= 0.3 is 0 Å². The van der Waals surface area contributed by atoms with Gasteiger partial charge in [-0.3, -0.25) is 9.69 Å². The monoisotopic (exact) mass is 396 g/mol. The van der Waals surface area contributed by atoms with Gasteiger partial charge in [0.25, 0.3) is 0 Å². The van der Waals surface area contributed by atoms with Crippen molar-refractivity contribution in [2.75, 3.05) is 51.8 Å². The summed E-state index contributed by atoms with van der Waals surface area (Å²) in [6.07, 6.45) is 1.98. The van der Waals surface area contributed by atoms with Gasteiger partial charge < -0.3 is 14.4 Å². The smallest absolute Gasteiger partial charge is 0.241 e. The van der Waals surface area contributed by atoms with Crippen LogP contribution >= 0.6 is 0 Å². The molecule has 0 spiro atoms. The number of amides is 1. The highest BCUT2D eigenvalue weighted by atomic mass is 16.5. The minimum atomic E-state index is -0.103. The van der Waals surface area contributed by atoms with Crippen LogP contribution in [0.15, 0.2) is 53.6 Å². The topological polar surface area (TPSA) is 66.4 Å². The van der Waals surface area contributed by atoms with Crippen molar-refractivity contribution in [2.24, 2.45) is 5.10 Å². The summed E-state index contributed by atoms with van der Waals surface area (Å²) in [7, 11) is 3.16. The molecule has 0 aromatic heterocycles. The number of para-hydroxylation sites is 2. The predicted octanol–water partition coefficient (Wildman–Crippen LogP) is 2.37. The molecule has 0 radical (unpaired) electrons. The molecule has 1 amide bonds. The number of benzene rings is 2. The average molecular weight is 396 g/mol. The number of carbonyl (C=O) groups is 1. The zero-order chi connectivity index (χ0) is 20.5. The highest BCUT2D eigenvalue weighted by molar-refractivity contribution is 5.86. The number of piperazine rings is 1. The van der Waals surface area contributed by atoms with E-state index in [1.165, 1.54) is 5.69 Å². The van der Waals surface area contributed by atoms with Crippen LogP contribution in [0.2, 0.25) is 0 Å². The Morgan fingerprint density at radius 3 is 2.48 bits per heavy atom. The quantitative estimate of drug-likeness (QED) is 0.548. The lowest BCUT2D eigenvalue weighted by Gasteiger charge is -2.36. The van der Waals surface area contributed by atoms with Gasteiger partial charge in [-0.15, -0.1) is 0 Å². The van der Waals surface area contributed by atoms with Crippen molar-refractivity contribution >= 4 is 17.8 Å². The Labute approximate surface area is 171 Å². The van der Waals surface area contributed by atoms with Gasteiger partial charge in [0, 0.05) is 50.4 Å². The summed E-state index contributed by atoms with van der Waals surface area (Å²) in [5.41, 5.74) is 4.59. The van der Waals surface area contributed by atoms with Gasteiger partial charge in [-0.05, 0) is 24.3 Å². The fourth-order valence-corrected chi connectivity index (χ4v) is 3.37. The minimum Gasteiger partial charge on any atom is -0.493 e. The van der Waals surface area contributed by atoms with Crippen LogP contribution in [0, 0.1) is 0 Å². The fraction of sp³-hybridized carbons (Fsp3) is 0.364. The van der Waals surface area contributed by atoms with Crippen molar-refractivity contribution in [3.8, 4) is 11.5 Å². The Kier molecular flexibility index (Phi) is 7.47. The average Bonchev–Trinajstić information content (AvgIpc) is 2.78. The number of carbonyl (C=O) groups excluding carboxylic acids is 1. The van der Waals surface area contributed by atoms with Crippen LogP contribution in [0.5, 0.6) is 11.5 Å². The van der Waals surface area contributed by atoms with Crippen LogP contribution in [0.1, 0.15) is 12.0 Å². The SMILES string of the molecule is COc1cccc(/C=N\NC(=O)CCN2CCN(c3ccccc3)CC2)c1OC. The molecule has 1 heterocycles. The van der Waals surface area contributed by atoms with E-state index in [9.17, 15) is 4.79 Å². The largest absolute Gasteiger partial charge is 0.493 e. The molecule has 7 heteroatoms. The molecule has 1 N–H and O–H groups in total. The normalized spacial score (nSPS) is 14.8. The van der Waals surface area contributed by atoms with Crippen molar-refractivity contribution in [3.63, 3.8) is 0 Å². The van der Waals surface area contributed by atoms with Gasteiger partial charge in [-0.2, -0.15) is 5.10 Å². The molecule has 0 bridgehead atoms. The third kappa shape index (κ3) is 5.71. The molecular weight excluding hydrogens is 368 g/mol. The Hall–Kier alpha value is -3.06. The lowest BCUT2D eigenvalue weighted by Crippen LogP contribution is -2.47. The Bertz CT molecular complexity index is 818. The first-order chi connectivity index (χ1) is 14.2. The van der Waals surface area contributed by atoms with Crippen LogP contribution in [0.3, 0.4) is 0 Å². The van der Waals surface area contributed by atoms with Gasteiger partial charge in [-0.1, -0.05) is 24.3 Å². The minimum absolute atomic E-state index is 0.103. The number of nitrogens with zero attached hydrogens (tertiary/aromatic N) is 3. The van der Waals surface area contributed by atoms with E-state index in [2.05, 4.69) is 44.6 Å². The number of nitrogens with one attached hydrogen (secondary N) is 1. The number of ether oxygens (including phenoxy) is 2. The predicted molar refractivity (Wildman–Crippen MR) is 115 cm³/mol. The molecule has 1 aliphatic heterocycles. The van der Waals surface area contributed by atoms with Gasteiger partial charge in [0.15, 0.2) is 11.5 Å². The number of anilines is 1. The van der Waals surface area contributed by atoms with Crippen molar-refractivity contribution in [2.45, 2.75) is 6.42 Å². The lowest BCUT2D eigenvalue weighted by molar-refractivity contribution is -0.121. The molecule has 1 aliphatic rings. The fourth-order valence-electron chi connectivity index (χ4n) is 3.37. The summed E-state index contributed by atoms with van der Waals surface area (Å²) in [5.74, 6) is 1.11. The highest BCUT2D eigenvalue weighted by Gasteiger charge is 2.17. The van der Waals surface area contributed by atoms with E-state index in [1.807, 2.05) is 24.3 Å². The molecular formula is C22H28N4O3. The Morgan fingerprint density at radius 1 is 1.03 bits per heavy atom. The summed E-state index contributed by atoms with van der Waals surface area (Å²) < 4.78 is 10.6. The Morgan fingerprint density at radius 2 is 1.79 bits per heavy atom. The summed E-state index contributed by atoms with van der Waals surface area (Å²) >= 11 is 0. The van der Waals surface area contributed by atoms with E-state index in [0.29, 0.717) is 17.9 Å². The lowest BCUT2D eigenvalue weighted by atomic mass is 10.2. The zero-order valence-corrected chi connectivity index (χ0v) is 17.0. The summed E-state index contributed by atoms with van der Waals surface area (Å²) in [6.45, 7) is 4.57. The molecule has 0 aliphatic carbocycles. The van der Waals surface area contributed by atoms with Crippen LogP contribution in [0.4, 0.5) is 5.69 Å². The molecule has 154 valence electrons. The van der Waals surface area contributed by atoms with Crippen molar-refractivity contribution in [1.29, 1.82) is 0 Å². The van der Waals surface area contributed by atoms with Gasteiger partial charge in [0.05, 0.1) is 20.4 Å².